The summed E-state index contributed by atoms with van der Waals surface area (Å²) in [7, 11) is 0. The van der Waals surface area contributed by atoms with Gasteiger partial charge in [0.2, 0.25) is 11.9 Å². The van der Waals surface area contributed by atoms with Crippen LogP contribution in [0.2, 0.25) is 0 Å². The highest BCUT2D eigenvalue weighted by Crippen LogP contribution is 2.78. The van der Waals surface area contributed by atoms with Crippen molar-refractivity contribution in [2.45, 2.75) is 137 Å². The van der Waals surface area contributed by atoms with Gasteiger partial charge in [-0.3, -0.25) is 0 Å². The second-order valence-electron chi connectivity index (χ2n) is 23.9. The molecule has 12 rings (SSSR count). The molecule has 87 heavy (non-hydrogen) atoms. The minimum atomic E-state index is -6.89. The van der Waals surface area contributed by atoms with E-state index in [2.05, 4.69) is 39.4 Å². The third-order valence-electron chi connectivity index (χ3n) is 17.8. The average molecular weight is 1270 g/mol. The van der Waals surface area contributed by atoms with Crippen molar-refractivity contribution in [2.75, 3.05) is 49.4 Å². The average Bonchev–Trinajstić information content (AvgIpc) is 1.52. The van der Waals surface area contributed by atoms with Gasteiger partial charge >= 0.3 is 72.4 Å². The first kappa shape index (κ1) is 62.1. The lowest BCUT2D eigenvalue weighted by molar-refractivity contribution is -0.371. The van der Waals surface area contributed by atoms with E-state index in [9.17, 15) is 52.7 Å². The predicted molar refractivity (Wildman–Crippen MR) is 258 cm³/mol. The zero-order valence-corrected chi connectivity index (χ0v) is 44.9. The van der Waals surface area contributed by atoms with E-state index in [-0.39, 0.29) is 46.4 Å². The molecule has 5 atom stereocenters. The maximum atomic E-state index is 15.4. The summed E-state index contributed by atoms with van der Waals surface area (Å²) in [6.07, 6.45) is -12.5. The van der Waals surface area contributed by atoms with Crippen LogP contribution in [0.25, 0.3) is 0 Å². The fourth-order valence-electron chi connectivity index (χ4n) is 15.2. The van der Waals surface area contributed by atoms with Crippen molar-refractivity contribution >= 4 is 23.3 Å². The van der Waals surface area contributed by atoms with Gasteiger partial charge in [0.15, 0.2) is 39.6 Å². The van der Waals surface area contributed by atoms with Crippen LogP contribution in [0.5, 0.6) is 35.5 Å². The Morgan fingerprint density at radius 3 is 1.06 bits per heavy atom. The minimum Gasteiger partial charge on any atom is -0.487 e. The van der Waals surface area contributed by atoms with Crippen molar-refractivity contribution in [1.29, 1.82) is 0 Å². The van der Waals surface area contributed by atoms with E-state index in [1.807, 2.05) is 0 Å². The molecule has 2 aromatic heterocycles. The maximum Gasteiger partial charge on any atom is 0.422 e. The van der Waals surface area contributed by atoms with Crippen LogP contribution in [0.3, 0.4) is 0 Å². The fraction of sp³-hybridized carbons (Fsp3) is 0.660. The predicted octanol–water partition coefficient (Wildman–Crippen LogP) is 14.0. The second kappa shape index (κ2) is 21.3. The third kappa shape index (κ3) is 12.4. The van der Waals surface area contributed by atoms with Crippen LogP contribution in [0.4, 0.5) is 111 Å². The molecule has 478 valence electrons. The van der Waals surface area contributed by atoms with E-state index in [0.29, 0.717) is 44.4 Å². The van der Waals surface area contributed by atoms with Gasteiger partial charge in [0, 0.05) is 22.5 Å². The first-order chi connectivity index (χ1) is 40.3. The zero-order chi connectivity index (χ0) is 62.8. The van der Waals surface area contributed by atoms with Crippen molar-refractivity contribution in [1.82, 2.24) is 29.9 Å². The molecule has 0 radical (unpaired) electrons. The van der Waals surface area contributed by atoms with Crippen LogP contribution in [0, 0.1) is 40.9 Å². The Morgan fingerprint density at radius 2 is 0.701 bits per heavy atom. The Balaban J connectivity index is 0.805. The molecular formula is C53H50F20N8O6. The molecule has 4 aromatic rings. The minimum absolute atomic E-state index is 0.00490. The zero-order valence-electron chi connectivity index (χ0n) is 44.9. The van der Waals surface area contributed by atoms with E-state index >= 15 is 35.1 Å². The molecule has 2 aromatic carbocycles. The molecule has 0 N–H and O–H groups in total. The van der Waals surface area contributed by atoms with Gasteiger partial charge in [-0.25, -0.2) is 0 Å². The lowest BCUT2D eigenvalue weighted by atomic mass is 9.52. The summed E-state index contributed by atoms with van der Waals surface area (Å²) in [5.41, 5.74) is -2.12. The Kier molecular flexibility index (Phi) is 15.2. The summed E-state index contributed by atoms with van der Waals surface area (Å²) in [6, 6.07) is 3.45. The highest BCUT2D eigenvalue weighted by atomic mass is 19.4. The number of hydrogen-bond donors (Lipinski definition) is 0. The molecule has 1 spiro atoms. The van der Waals surface area contributed by atoms with Crippen molar-refractivity contribution in [3.05, 3.63) is 48.5 Å². The number of nitrogens with zero attached hydrogens (tertiary/aromatic N) is 8. The Morgan fingerprint density at radius 1 is 0.356 bits per heavy atom. The van der Waals surface area contributed by atoms with Crippen LogP contribution in [-0.4, -0.2) is 129 Å². The molecule has 7 bridgehead atoms. The van der Waals surface area contributed by atoms with E-state index in [0.717, 1.165) is 87.1 Å². The fourth-order valence-corrected chi connectivity index (χ4v) is 15.2. The number of hydrogen-bond acceptors (Lipinski definition) is 14. The van der Waals surface area contributed by atoms with Crippen LogP contribution in [-0.2, 0) is 0 Å². The lowest BCUT2D eigenvalue weighted by Crippen LogP contribution is -2.65. The second-order valence-corrected chi connectivity index (χ2v) is 23.9. The van der Waals surface area contributed by atoms with E-state index < -0.39 is 147 Å². The molecule has 0 aliphatic heterocycles. The van der Waals surface area contributed by atoms with Gasteiger partial charge in [-0.05, 0) is 167 Å². The van der Waals surface area contributed by atoms with Gasteiger partial charge in [0.1, 0.15) is 11.5 Å². The number of anilines is 4. The number of aromatic nitrogens is 6. The van der Waals surface area contributed by atoms with Crippen molar-refractivity contribution in [3.63, 3.8) is 0 Å². The highest BCUT2D eigenvalue weighted by Gasteiger charge is 2.81. The molecule has 5 unspecified atom stereocenters. The number of ether oxygens (including phenoxy) is 6. The topological polar surface area (TPSA) is 139 Å². The monoisotopic (exact) mass is 1270 g/mol. The van der Waals surface area contributed by atoms with Gasteiger partial charge in [0.05, 0.1) is 0 Å². The normalized spacial score (nSPS) is 27.6. The van der Waals surface area contributed by atoms with Gasteiger partial charge in [0.25, 0.3) is 0 Å². The molecule has 0 amide bonds. The quantitative estimate of drug-likeness (QED) is 0.0651. The molecule has 14 nitrogen and oxygen atoms in total. The SMILES string of the molecule is FC(F)(F)COc1nc(OCC(F)(F)F)nc(N(c2ccc(OCC(F)(F)C(F)(F)C(F)(F)C(F)(F)COc3ccc(N(c4nc(OCC(F)(F)F)nc(OCC(F)(F)F)n4)C45CC6CC7CC(C4)C7(C6)C5)cc3)cc2)C23CC4CC(CC(C4)C2)C3)n1. The van der Waals surface area contributed by atoms with Crippen molar-refractivity contribution < 1.29 is 116 Å². The number of alkyl halides is 20. The number of benzene rings is 2. The van der Waals surface area contributed by atoms with Crippen LogP contribution >= 0.6 is 0 Å². The lowest BCUT2D eigenvalue weighted by Gasteiger charge is -2.60. The van der Waals surface area contributed by atoms with Gasteiger partial charge in [-0.1, -0.05) is 0 Å². The summed E-state index contributed by atoms with van der Waals surface area (Å²) < 4.78 is 311. The largest absolute Gasteiger partial charge is 0.487 e. The smallest absolute Gasteiger partial charge is 0.422 e. The standard InChI is InChI=1S/C53H50F20N8O6/c54-46(55,21-82-35-5-1-33(2-6-35)80(43-14-27-9-28(15-43)11-29(10-27)16-43)37-74-39(84-23-48(58,59)60)78-40(75-37)85-24-49(61,62)63)52(70,71)53(72,73)47(56,57)22-83-36-7-3-34(4-8-36)81(44-17-30-12-31-13-32(19-44)45(31,18-30)20-44)38-76-41(86-25-50(64,65)66)79-42(77-38)87-26-51(67,68)69/h1-8,27-32H,9-26H2. The molecule has 8 saturated carbocycles. The molecule has 8 aliphatic carbocycles. The summed E-state index contributed by atoms with van der Waals surface area (Å²) in [6.45, 7) is -13.3. The molecule has 34 heteroatoms. The van der Waals surface area contributed by atoms with Gasteiger partial charge < -0.3 is 38.2 Å². The van der Waals surface area contributed by atoms with Gasteiger partial charge in [-0.15, -0.1) is 9.97 Å². The Labute approximate surface area is 479 Å². The van der Waals surface area contributed by atoms with Crippen molar-refractivity contribution in [2.24, 2.45) is 40.9 Å². The summed E-state index contributed by atoms with van der Waals surface area (Å²) in [4.78, 5) is 25.7. The van der Waals surface area contributed by atoms with Gasteiger partial charge in [-0.2, -0.15) is 108 Å². The van der Waals surface area contributed by atoms with Crippen LogP contribution in [0.15, 0.2) is 48.5 Å². The van der Waals surface area contributed by atoms with E-state index in [1.54, 1.807) is 0 Å². The van der Waals surface area contributed by atoms with Crippen molar-refractivity contribution in [3.8, 4) is 35.5 Å². The number of halogens is 20. The Hall–Kier alpha value is -6.54. The van der Waals surface area contributed by atoms with Crippen LogP contribution in [0.1, 0.15) is 77.0 Å². The molecular weight excluding hydrogens is 1220 g/mol. The van der Waals surface area contributed by atoms with Crippen LogP contribution < -0.4 is 38.2 Å². The molecule has 8 fully saturated rings. The first-order valence-electron chi connectivity index (χ1n) is 27.2. The number of fused-ring (bicyclic) bond motifs is 2. The highest BCUT2D eigenvalue weighted by molar-refractivity contribution is 5.64. The number of rotatable bonds is 23. The Bertz CT molecular complexity index is 3040. The van der Waals surface area contributed by atoms with E-state index in [1.165, 1.54) is 9.80 Å². The third-order valence-corrected chi connectivity index (χ3v) is 17.8. The summed E-state index contributed by atoms with van der Waals surface area (Å²) >= 11 is 0. The maximum absolute atomic E-state index is 15.4. The summed E-state index contributed by atoms with van der Waals surface area (Å²) in [5, 5.41) is 0. The molecule has 8 aliphatic rings. The summed E-state index contributed by atoms with van der Waals surface area (Å²) in [5.74, 6) is -27.7. The molecule has 2 heterocycles. The molecule has 0 saturated heterocycles. The first-order valence-corrected chi connectivity index (χ1v) is 27.2. The van der Waals surface area contributed by atoms with E-state index in [4.69, 9.17) is 18.9 Å².